The number of esters is 5. The largest absolute Gasteiger partial charge is 0.465 e. The number of rotatable bonds is 8. The second kappa shape index (κ2) is 12.6. The third-order valence-corrected chi connectivity index (χ3v) is 9.70. The molecule has 2 N–H and O–H groups in total. The molecular formula is C35H40O13. The molecule has 2 aromatic rings. The van der Waals surface area contributed by atoms with Crippen LogP contribution in [0.25, 0.3) is 0 Å². The van der Waals surface area contributed by atoms with Gasteiger partial charge in [0.25, 0.3) is 0 Å². The Hall–Kier alpha value is -4.33. The molecule has 1 spiro atoms. The van der Waals surface area contributed by atoms with Gasteiger partial charge in [-0.3, -0.25) is 14.4 Å². The predicted octanol–water partition coefficient (Wildman–Crippen LogP) is 2.54. The third kappa shape index (κ3) is 5.63. The minimum atomic E-state index is -2.29. The Bertz CT molecular complexity index is 1570. The molecule has 3 aliphatic rings. The molecule has 13 heteroatoms. The van der Waals surface area contributed by atoms with E-state index in [1.807, 2.05) is 0 Å². The fraction of sp³-hybridized carbons (Fsp3) is 0.514. The zero-order valence-electron chi connectivity index (χ0n) is 27.5. The highest BCUT2D eigenvalue weighted by atomic mass is 16.6. The van der Waals surface area contributed by atoms with Gasteiger partial charge >= 0.3 is 29.8 Å². The average Bonchev–Trinajstić information content (AvgIpc) is 3.21. The van der Waals surface area contributed by atoms with Crippen molar-refractivity contribution in [3.8, 4) is 0 Å². The van der Waals surface area contributed by atoms with Crippen molar-refractivity contribution in [1.29, 1.82) is 0 Å². The number of carbonyl (C=O) groups is 5. The van der Waals surface area contributed by atoms with E-state index in [2.05, 4.69) is 0 Å². The Morgan fingerprint density at radius 3 is 1.77 bits per heavy atom. The van der Waals surface area contributed by atoms with E-state index in [4.69, 9.17) is 28.4 Å². The summed E-state index contributed by atoms with van der Waals surface area (Å²) < 4.78 is 36.2. The van der Waals surface area contributed by atoms with Gasteiger partial charge in [0.1, 0.15) is 42.0 Å². The van der Waals surface area contributed by atoms with E-state index in [1.54, 1.807) is 50.2 Å². The summed E-state index contributed by atoms with van der Waals surface area (Å²) in [5, 5.41) is 24.9. The molecule has 0 amide bonds. The maximum absolute atomic E-state index is 13.9. The van der Waals surface area contributed by atoms with Crippen LogP contribution in [0.15, 0.2) is 60.7 Å². The number of ether oxygens (including phenoxy) is 6. The lowest BCUT2D eigenvalue weighted by Gasteiger charge is -2.66. The molecular weight excluding hydrogens is 628 g/mol. The number of benzene rings is 2. The molecule has 2 bridgehead atoms. The Labute approximate surface area is 277 Å². The molecule has 3 fully saturated rings. The normalized spacial score (nSPS) is 34.6. The molecule has 0 aromatic heterocycles. The van der Waals surface area contributed by atoms with Crippen molar-refractivity contribution in [2.75, 3.05) is 6.61 Å². The van der Waals surface area contributed by atoms with E-state index in [9.17, 15) is 34.2 Å². The van der Waals surface area contributed by atoms with Crippen LogP contribution in [0, 0.1) is 11.3 Å². The van der Waals surface area contributed by atoms with E-state index in [0.717, 1.165) is 20.8 Å². The highest BCUT2D eigenvalue weighted by molar-refractivity contribution is 5.90. The third-order valence-electron chi connectivity index (χ3n) is 9.70. The van der Waals surface area contributed by atoms with Gasteiger partial charge in [0.05, 0.1) is 28.2 Å². The quantitative estimate of drug-likeness (QED) is 0.310. The van der Waals surface area contributed by atoms with Crippen LogP contribution in [0.5, 0.6) is 0 Å². The van der Waals surface area contributed by atoms with Crippen molar-refractivity contribution in [3.63, 3.8) is 0 Å². The summed E-state index contributed by atoms with van der Waals surface area (Å²) in [5.74, 6) is -5.33. The van der Waals surface area contributed by atoms with Crippen LogP contribution >= 0.6 is 0 Å². The summed E-state index contributed by atoms with van der Waals surface area (Å²) in [4.78, 5) is 65.4. The number of aliphatic hydroxyl groups excluding tert-OH is 1. The first-order valence-electron chi connectivity index (χ1n) is 15.6. The first-order chi connectivity index (χ1) is 22.5. The van der Waals surface area contributed by atoms with E-state index < -0.39 is 102 Å². The first kappa shape index (κ1) is 35.0. The van der Waals surface area contributed by atoms with Gasteiger partial charge in [-0.1, -0.05) is 36.4 Å². The minimum Gasteiger partial charge on any atom is -0.465 e. The van der Waals surface area contributed by atoms with E-state index >= 15 is 0 Å². The van der Waals surface area contributed by atoms with Crippen molar-refractivity contribution in [2.45, 2.75) is 95.3 Å². The summed E-state index contributed by atoms with van der Waals surface area (Å²) in [7, 11) is 0. The van der Waals surface area contributed by atoms with Crippen LogP contribution in [-0.4, -0.2) is 94.0 Å². The molecule has 13 nitrogen and oxygen atoms in total. The summed E-state index contributed by atoms with van der Waals surface area (Å²) in [5.41, 5.74) is -7.84. The maximum Gasteiger partial charge on any atom is 0.338 e. The molecule has 1 aliphatic heterocycles. The van der Waals surface area contributed by atoms with Gasteiger partial charge in [-0.2, -0.15) is 0 Å². The summed E-state index contributed by atoms with van der Waals surface area (Å²) in [6.07, 6.45) is -8.62. The lowest BCUT2D eigenvalue weighted by Crippen LogP contribution is -2.85. The van der Waals surface area contributed by atoms with Gasteiger partial charge < -0.3 is 38.6 Å². The van der Waals surface area contributed by atoms with Crippen LogP contribution in [-0.2, 0) is 42.8 Å². The van der Waals surface area contributed by atoms with Gasteiger partial charge in [0.15, 0.2) is 6.10 Å². The number of hydrogen-bond acceptors (Lipinski definition) is 13. The van der Waals surface area contributed by atoms with E-state index in [1.165, 1.54) is 31.2 Å². The maximum atomic E-state index is 13.9. The highest BCUT2D eigenvalue weighted by Gasteiger charge is 2.88. The van der Waals surface area contributed by atoms with Crippen LogP contribution in [0.2, 0.25) is 0 Å². The molecule has 2 saturated carbocycles. The monoisotopic (exact) mass is 668 g/mol. The second-order valence-electron chi connectivity index (χ2n) is 13.3. The van der Waals surface area contributed by atoms with Gasteiger partial charge in [-0.15, -0.1) is 0 Å². The van der Waals surface area contributed by atoms with Crippen LogP contribution in [0.3, 0.4) is 0 Å². The van der Waals surface area contributed by atoms with Crippen LogP contribution in [0.1, 0.15) is 68.7 Å². The van der Waals surface area contributed by atoms with Gasteiger partial charge in [-0.25, -0.2) is 9.59 Å². The number of aliphatic hydroxyl groups is 2. The van der Waals surface area contributed by atoms with Crippen molar-refractivity contribution < 1.29 is 62.6 Å². The second-order valence-corrected chi connectivity index (χ2v) is 13.3. The van der Waals surface area contributed by atoms with Gasteiger partial charge in [0, 0.05) is 27.2 Å². The molecule has 1 heterocycles. The lowest BCUT2D eigenvalue weighted by molar-refractivity contribution is -0.362. The molecule has 0 radical (unpaired) electrons. The minimum absolute atomic E-state index is 0.0885. The van der Waals surface area contributed by atoms with Crippen LogP contribution < -0.4 is 0 Å². The molecule has 9 atom stereocenters. The van der Waals surface area contributed by atoms with E-state index in [-0.39, 0.29) is 11.1 Å². The molecule has 5 rings (SSSR count). The van der Waals surface area contributed by atoms with E-state index in [0.29, 0.717) is 0 Å². The molecule has 2 aliphatic carbocycles. The van der Waals surface area contributed by atoms with Crippen molar-refractivity contribution in [1.82, 2.24) is 0 Å². The van der Waals surface area contributed by atoms with Gasteiger partial charge in [0.2, 0.25) is 0 Å². The summed E-state index contributed by atoms with van der Waals surface area (Å²) >= 11 is 0. The Balaban J connectivity index is 1.84. The Kier molecular flexibility index (Phi) is 9.19. The van der Waals surface area contributed by atoms with Gasteiger partial charge in [-0.05, 0) is 45.0 Å². The molecule has 1 saturated heterocycles. The van der Waals surface area contributed by atoms with Crippen molar-refractivity contribution in [2.24, 2.45) is 11.3 Å². The fourth-order valence-corrected chi connectivity index (χ4v) is 8.05. The standard InChI is InChI=1S/C35H40O13/c1-19(36)43-18-34-27(39)24(44-20(2)37)17-33(6,42)35(34)28(45-21(3)38)25(32(4,5)48-35)26(46-30(40)22-13-9-7-10-14-22)29(34)47-31(41)23-15-11-8-12-16-23/h7-16,24-29,39,42H,17-18H2,1-6H3/t24-,25+,26-,27-,28+,29-,33-,34-,35-/m0/s1. The van der Waals surface area contributed by atoms with Crippen molar-refractivity contribution >= 4 is 29.8 Å². The molecule has 48 heavy (non-hydrogen) atoms. The average molecular weight is 669 g/mol. The zero-order chi connectivity index (χ0) is 35.2. The summed E-state index contributed by atoms with van der Waals surface area (Å²) in [6.45, 7) is 7.11. The smallest absolute Gasteiger partial charge is 0.338 e. The molecule has 2 aromatic carbocycles. The first-order valence-corrected chi connectivity index (χ1v) is 15.6. The number of fused-ring (bicyclic) bond motifs is 1. The number of carbonyl (C=O) groups excluding carboxylic acids is 5. The van der Waals surface area contributed by atoms with Crippen LogP contribution in [0.4, 0.5) is 0 Å². The highest BCUT2D eigenvalue weighted by Crippen LogP contribution is 2.69. The predicted molar refractivity (Wildman–Crippen MR) is 164 cm³/mol. The Morgan fingerprint density at radius 1 is 0.750 bits per heavy atom. The Morgan fingerprint density at radius 2 is 1.27 bits per heavy atom. The lowest BCUT2D eigenvalue weighted by atomic mass is 9.45. The number of hydrogen-bond donors (Lipinski definition) is 2. The topological polar surface area (TPSA) is 181 Å². The van der Waals surface area contributed by atoms with Crippen molar-refractivity contribution in [3.05, 3.63) is 71.8 Å². The molecule has 258 valence electrons. The molecule has 0 unspecified atom stereocenters. The fourth-order valence-electron chi connectivity index (χ4n) is 8.05. The SMILES string of the molecule is CC(=O)OC[C@@]12[C@@H](O)[C@@H](OC(C)=O)C[C@](C)(O)[C@]13OC(C)(C)[C@H]([C@H](OC(=O)c1ccccc1)[C@@H]2OC(=O)c1ccccc1)[C@H]3OC(C)=O. The zero-order valence-corrected chi connectivity index (χ0v) is 27.5. The summed E-state index contributed by atoms with van der Waals surface area (Å²) in [6, 6.07) is 15.8.